The van der Waals surface area contributed by atoms with Gasteiger partial charge in [-0.15, -0.1) is 10.2 Å². The maximum absolute atomic E-state index is 9.41. The largest absolute Gasteiger partial charge is 0.504 e. The van der Waals surface area contributed by atoms with E-state index in [0.717, 1.165) is 11.4 Å². The number of nitrogens with zero attached hydrogens (tertiary/aromatic N) is 2. The summed E-state index contributed by atoms with van der Waals surface area (Å²) in [7, 11) is 0. The minimum Gasteiger partial charge on any atom is -0.504 e. The third kappa shape index (κ3) is 2.37. The lowest BCUT2D eigenvalue weighted by atomic mass is 10.2. The van der Waals surface area contributed by atoms with Crippen LogP contribution >= 0.6 is 11.3 Å². The quantitative estimate of drug-likeness (QED) is 0.726. The Hall–Kier alpha value is -1.66. The third-order valence-corrected chi connectivity index (χ3v) is 3.52. The van der Waals surface area contributed by atoms with Crippen molar-refractivity contribution in [3.05, 3.63) is 23.2 Å². The summed E-state index contributed by atoms with van der Waals surface area (Å²) in [6.45, 7) is 1.98. The summed E-state index contributed by atoms with van der Waals surface area (Å²) in [5.41, 5.74) is 6.57. The summed E-state index contributed by atoms with van der Waals surface area (Å²) < 4.78 is 0. The van der Waals surface area contributed by atoms with Gasteiger partial charge in [0.2, 0.25) is 0 Å². The third-order valence-electron chi connectivity index (χ3n) is 2.42. The number of phenols is 2. The van der Waals surface area contributed by atoms with Gasteiger partial charge in [-0.2, -0.15) is 0 Å². The van der Waals surface area contributed by atoms with Gasteiger partial charge in [-0.1, -0.05) is 18.3 Å². The summed E-state index contributed by atoms with van der Waals surface area (Å²) in [5.74, 6) is -0.317. The van der Waals surface area contributed by atoms with Crippen molar-refractivity contribution in [2.75, 3.05) is 0 Å². The van der Waals surface area contributed by atoms with Crippen LogP contribution in [-0.2, 0) is 0 Å². The van der Waals surface area contributed by atoms with Crippen LogP contribution in [0.15, 0.2) is 18.2 Å². The van der Waals surface area contributed by atoms with E-state index in [2.05, 4.69) is 10.2 Å². The Morgan fingerprint density at radius 3 is 2.71 bits per heavy atom. The highest BCUT2D eigenvalue weighted by molar-refractivity contribution is 7.14. The van der Waals surface area contributed by atoms with Crippen LogP contribution in [0.1, 0.15) is 24.4 Å². The molecule has 0 amide bonds. The average Bonchev–Trinajstić information content (AvgIpc) is 2.81. The van der Waals surface area contributed by atoms with E-state index < -0.39 is 0 Å². The van der Waals surface area contributed by atoms with Crippen LogP contribution in [0.25, 0.3) is 10.6 Å². The summed E-state index contributed by atoms with van der Waals surface area (Å²) in [5, 5.41) is 28.1. The van der Waals surface area contributed by atoms with E-state index in [-0.39, 0.29) is 17.5 Å². The van der Waals surface area contributed by atoms with E-state index in [9.17, 15) is 10.2 Å². The van der Waals surface area contributed by atoms with Crippen molar-refractivity contribution >= 4 is 11.3 Å². The Balaban J connectivity index is 2.33. The molecule has 0 radical (unpaired) electrons. The molecule has 17 heavy (non-hydrogen) atoms. The molecular weight excluding hydrogens is 238 g/mol. The van der Waals surface area contributed by atoms with Crippen LogP contribution in [0.4, 0.5) is 0 Å². The van der Waals surface area contributed by atoms with E-state index in [0.29, 0.717) is 10.6 Å². The summed E-state index contributed by atoms with van der Waals surface area (Å²) in [4.78, 5) is 0. The monoisotopic (exact) mass is 251 g/mol. The minimum atomic E-state index is -0.168. The van der Waals surface area contributed by atoms with Gasteiger partial charge in [0.25, 0.3) is 0 Å². The van der Waals surface area contributed by atoms with Gasteiger partial charge in [0, 0.05) is 5.56 Å². The number of nitrogens with two attached hydrogens (primary N) is 1. The molecule has 4 N–H and O–H groups in total. The molecule has 0 bridgehead atoms. The molecule has 0 spiro atoms. The predicted octanol–water partition coefficient (Wildman–Crippen LogP) is 2.03. The zero-order valence-electron chi connectivity index (χ0n) is 9.29. The number of hydrogen-bond donors (Lipinski definition) is 3. The number of phenolic OH excluding ortho intramolecular Hbond substituents is 2. The second kappa shape index (κ2) is 4.68. The Morgan fingerprint density at radius 1 is 1.29 bits per heavy atom. The molecule has 0 aliphatic heterocycles. The van der Waals surface area contributed by atoms with E-state index in [1.165, 1.54) is 23.5 Å². The molecule has 0 fully saturated rings. The van der Waals surface area contributed by atoms with E-state index in [1.807, 2.05) is 6.92 Å². The number of rotatable bonds is 3. The van der Waals surface area contributed by atoms with Gasteiger partial charge in [0.05, 0.1) is 6.04 Å². The Bertz CT molecular complexity index is 527. The lowest BCUT2D eigenvalue weighted by molar-refractivity contribution is 0.404. The highest BCUT2D eigenvalue weighted by Gasteiger charge is 2.12. The normalized spacial score (nSPS) is 12.6. The molecule has 0 aliphatic rings. The van der Waals surface area contributed by atoms with Crippen molar-refractivity contribution in [2.24, 2.45) is 5.73 Å². The van der Waals surface area contributed by atoms with Crippen LogP contribution in [0.3, 0.4) is 0 Å². The highest BCUT2D eigenvalue weighted by atomic mass is 32.1. The Morgan fingerprint density at radius 2 is 2.06 bits per heavy atom. The van der Waals surface area contributed by atoms with Crippen molar-refractivity contribution in [1.29, 1.82) is 0 Å². The van der Waals surface area contributed by atoms with Gasteiger partial charge in [-0.3, -0.25) is 0 Å². The maximum atomic E-state index is 9.41. The molecule has 1 aromatic carbocycles. The first kappa shape index (κ1) is 11.8. The Kier molecular flexibility index (Phi) is 3.26. The molecule has 2 rings (SSSR count). The van der Waals surface area contributed by atoms with Crippen molar-refractivity contribution in [3.63, 3.8) is 0 Å². The van der Waals surface area contributed by atoms with Gasteiger partial charge < -0.3 is 15.9 Å². The first-order valence-corrected chi connectivity index (χ1v) is 6.04. The van der Waals surface area contributed by atoms with Gasteiger partial charge in [-0.25, -0.2) is 0 Å². The lowest BCUT2D eigenvalue weighted by Crippen LogP contribution is -2.07. The summed E-state index contributed by atoms with van der Waals surface area (Å²) in [6, 6.07) is 4.45. The predicted molar refractivity (Wildman–Crippen MR) is 65.9 cm³/mol. The molecule has 6 heteroatoms. The molecule has 1 unspecified atom stereocenters. The second-order valence-electron chi connectivity index (χ2n) is 3.66. The van der Waals surface area contributed by atoms with Crippen LogP contribution in [-0.4, -0.2) is 20.4 Å². The van der Waals surface area contributed by atoms with Crippen molar-refractivity contribution < 1.29 is 10.2 Å². The topological polar surface area (TPSA) is 92.3 Å². The van der Waals surface area contributed by atoms with Gasteiger partial charge in [0.1, 0.15) is 10.0 Å². The van der Waals surface area contributed by atoms with Crippen molar-refractivity contribution in [1.82, 2.24) is 10.2 Å². The molecule has 1 aromatic heterocycles. The van der Waals surface area contributed by atoms with E-state index in [4.69, 9.17) is 5.73 Å². The van der Waals surface area contributed by atoms with Gasteiger partial charge in [0.15, 0.2) is 11.5 Å². The summed E-state index contributed by atoms with van der Waals surface area (Å²) >= 11 is 1.39. The fourth-order valence-electron chi connectivity index (χ4n) is 1.33. The van der Waals surface area contributed by atoms with E-state index >= 15 is 0 Å². The highest BCUT2D eigenvalue weighted by Crippen LogP contribution is 2.32. The number of aromatic nitrogens is 2. The number of aromatic hydroxyl groups is 2. The van der Waals surface area contributed by atoms with Crippen LogP contribution in [0, 0.1) is 0 Å². The first-order chi connectivity index (χ1) is 8.11. The van der Waals surface area contributed by atoms with Gasteiger partial charge >= 0.3 is 0 Å². The van der Waals surface area contributed by atoms with E-state index in [1.54, 1.807) is 6.07 Å². The standard InChI is InChI=1S/C11H13N3O2S/c1-2-7(12)11-14-13-10(17-11)6-3-4-8(15)9(16)5-6/h3-5,7,15-16H,2,12H2,1H3. The summed E-state index contributed by atoms with van der Waals surface area (Å²) in [6.07, 6.45) is 0.801. The zero-order valence-corrected chi connectivity index (χ0v) is 10.1. The Labute approximate surface area is 103 Å². The molecular formula is C11H13N3O2S. The fourth-order valence-corrected chi connectivity index (χ4v) is 2.26. The molecule has 0 saturated carbocycles. The molecule has 0 saturated heterocycles. The molecule has 1 atom stereocenters. The second-order valence-corrected chi connectivity index (χ2v) is 4.67. The zero-order chi connectivity index (χ0) is 12.4. The average molecular weight is 251 g/mol. The smallest absolute Gasteiger partial charge is 0.158 e. The number of hydrogen-bond acceptors (Lipinski definition) is 6. The minimum absolute atomic E-state index is 0.105. The van der Waals surface area contributed by atoms with Gasteiger partial charge in [-0.05, 0) is 24.6 Å². The number of benzene rings is 1. The molecule has 5 nitrogen and oxygen atoms in total. The van der Waals surface area contributed by atoms with Crippen LogP contribution in [0.2, 0.25) is 0 Å². The lowest BCUT2D eigenvalue weighted by Gasteiger charge is -2.01. The fraction of sp³-hybridized carbons (Fsp3) is 0.273. The van der Waals surface area contributed by atoms with Crippen LogP contribution < -0.4 is 5.73 Å². The molecule has 2 aromatic rings. The van der Waals surface area contributed by atoms with Crippen molar-refractivity contribution in [2.45, 2.75) is 19.4 Å². The molecule has 90 valence electrons. The SMILES string of the molecule is CCC(N)c1nnc(-c2ccc(O)c(O)c2)s1. The molecule has 0 aliphatic carbocycles. The maximum Gasteiger partial charge on any atom is 0.158 e. The first-order valence-electron chi connectivity index (χ1n) is 5.23. The van der Waals surface area contributed by atoms with Crippen molar-refractivity contribution in [3.8, 4) is 22.1 Å². The molecule has 1 heterocycles. The van der Waals surface area contributed by atoms with Crippen LogP contribution in [0.5, 0.6) is 11.5 Å².